The number of carboxylic acids is 2. The van der Waals surface area contributed by atoms with E-state index >= 15 is 4.39 Å². The summed E-state index contributed by atoms with van der Waals surface area (Å²) in [6.45, 7) is 0.161. The lowest BCUT2D eigenvalue weighted by Crippen LogP contribution is -2.51. The number of aromatic hydroxyl groups is 1. The van der Waals surface area contributed by atoms with Crippen molar-refractivity contribution in [3.8, 4) is 22.8 Å². The number of phenols is 1. The molecule has 3 aromatic rings. The Morgan fingerprint density at radius 1 is 1.07 bits per heavy atom. The smallest absolute Gasteiger partial charge is 0.341 e. The van der Waals surface area contributed by atoms with E-state index in [9.17, 15) is 43.8 Å². The van der Waals surface area contributed by atoms with E-state index in [1.165, 1.54) is 31.2 Å². The van der Waals surface area contributed by atoms with Crippen LogP contribution in [0.25, 0.3) is 11.3 Å². The van der Waals surface area contributed by atoms with Crippen LogP contribution >= 0.6 is 0 Å². The van der Waals surface area contributed by atoms with E-state index in [0.717, 1.165) is 24.3 Å². The third-order valence-electron chi connectivity index (χ3n) is 6.60. The highest BCUT2D eigenvalue weighted by Gasteiger charge is 2.38. The van der Waals surface area contributed by atoms with Gasteiger partial charge in [-0.25, -0.2) is 23.4 Å². The summed E-state index contributed by atoms with van der Waals surface area (Å²) < 4.78 is 39.2. The van der Waals surface area contributed by atoms with Gasteiger partial charge in [-0.15, -0.1) is 0 Å². The molecule has 3 atom stereocenters. The highest BCUT2D eigenvalue weighted by Crippen LogP contribution is 2.37. The molecule has 0 radical (unpaired) electrons. The van der Waals surface area contributed by atoms with Gasteiger partial charge in [0.15, 0.2) is 12.4 Å². The second kappa shape index (κ2) is 15.3. The summed E-state index contributed by atoms with van der Waals surface area (Å²) in [6.07, 6.45) is -2.27. The number of carboxylic acid groups (broad SMARTS) is 2. The van der Waals surface area contributed by atoms with Crippen molar-refractivity contribution in [2.45, 2.75) is 32.0 Å². The molecule has 0 spiro atoms. The van der Waals surface area contributed by atoms with Gasteiger partial charge in [-0.2, -0.15) is 0 Å². The number of halogens is 2. The Labute approximate surface area is 253 Å². The predicted molar refractivity (Wildman–Crippen MR) is 149 cm³/mol. The maximum atomic E-state index is 15.5. The number of hydrogen-bond acceptors (Lipinski definition) is 9. The van der Waals surface area contributed by atoms with E-state index in [1.807, 2.05) is 0 Å². The second-order valence-electron chi connectivity index (χ2n) is 9.58. The van der Waals surface area contributed by atoms with E-state index in [0.29, 0.717) is 5.56 Å². The van der Waals surface area contributed by atoms with Crippen LogP contribution in [-0.2, 0) is 20.8 Å². The van der Waals surface area contributed by atoms with Crippen molar-refractivity contribution in [3.05, 3.63) is 71.2 Å². The van der Waals surface area contributed by atoms with Crippen LogP contribution in [0.5, 0.6) is 11.5 Å². The maximum absolute atomic E-state index is 15.5. The van der Waals surface area contributed by atoms with E-state index < -0.39 is 72.3 Å². The number of amides is 3. The zero-order chi connectivity index (χ0) is 33.3. The Hall–Kier alpha value is -5.51. The molecule has 14 nitrogen and oxygen atoms in total. The van der Waals surface area contributed by atoms with Crippen LogP contribution in [-0.4, -0.2) is 81.2 Å². The average molecular weight is 634 g/mol. The first kappa shape index (κ1) is 34.0. The average Bonchev–Trinajstić information content (AvgIpc) is 3.50. The van der Waals surface area contributed by atoms with Crippen molar-refractivity contribution >= 4 is 30.2 Å². The minimum Gasteiger partial charge on any atom is -0.506 e. The lowest BCUT2D eigenvalue weighted by Gasteiger charge is -2.31. The third-order valence-corrected chi connectivity index (χ3v) is 6.60. The number of aliphatic carboxylic acids is 1. The highest BCUT2D eigenvalue weighted by atomic mass is 19.1. The molecule has 1 aromatic heterocycles. The number of hydrogen-bond donors (Lipinski definition) is 6. The van der Waals surface area contributed by atoms with Crippen LogP contribution in [0.4, 0.5) is 8.78 Å². The van der Waals surface area contributed by atoms with Gasteiger partial charge in [0.1, 0.15) is 34.8 Å². The Kier molecular flexibility index (Phi) is 11.5. The van der Waals surface area contributed by atoms with Crippen molar-refractivity contribution in [1.29, 1.82) is 0 Å². The van der Waals surface area contributed by atoms with E-state index in [-0.39, 0.29) is 47.1 Å². The summed E-state index contributed by atoms with van der Waals surface area (Å²) in [5, 5.41) is 43.5. The molecule has 16 heteroatoms. The first-order valence-corrected chi connectivity index (χ1v) is 13.3. The molecule has 3 rings (SSSR count). The minimum atomic E-state index is -1.93. The summed E-state index contributed by atoms with van der Waals surface area (Å²) in [5.41, 5.74) is -0.496. The van der Waals surface area contributed by atoms with Crippen LogP contribution in [0.2, 0.25) is 0 Å². The fourth-order valence-corrected chi connectivity index (χ4v) is 4.44. The van der Waals surface area contributed by atoms with Gasteiger partial charge < -0.3 is 35.1 Å². The lowest BCUT2D eigenvalue weighted by molar-refractivity contribution is -0.171. The molecule has 240 valence electrons. The molecule has 0 aliphatic carbocycles. The molecule has 6 N–H and O–H groups in total. The van der Waals surface area contributed by atoms with Gasteiger partial charge in [-0.1, -0.05) is 19.1 Å². The van der Waals surface area contributed by atoms with Crippen molar-refractivity contribution in [3.63, 3.8) is 0 Å². The summed E-state index contributed by atoms with van der Waals surface area (Å²) in [5.74, 6) is -8.37. The van der Waals surface area contributed by atoms with Gasteiger partial charge in [0.2, 0.25) is 12.3 Å². The molecular weight excluding hydrogens is 604 g/mol. The molecule has 0 aliphatic heterocycles. The third kappa shape index (κ3) is 8.76. The number of aromatic carboxylic acids is 1. The first-order valence-electron chi connectivity index (χ1n) is 13.3. The molecule has 0 saturated carbocycles. The van der Waals surface area contributed by atoms with Crippen molar-refractivity contribution in [1.82, 2.24) is 15.7 Å². The fourth-order valence-electron chi connectivity index (χ4n) is 4.44. The normalized spacial score (nSPS) is 12.8. The first-order chi connectivity index (χ1) is 21.4. The fraction of sp³-hybridized carbons (Fsp3) is 0.276. The van der Waals surface area contributed by atoms with Crippen LogP contribution < -0.4 is 15.4 Å². The van der Waals surface area contributed by atoms with Crippen molar-refractivity contribution < 1.29 is 62.4 Å². The van der Waals surface area contributed by atoms with Gasteiger partial charge in [-0.05, 0) is 48.4 Å². The Morgan fingerprint density at radius 2 is 1.76 bits per heavy atom. The highest BCUT2D eigenvalue weighted by molar-refractivity contribution is 5.95. The maximum Gasteiger partial charge on any atom is 0.341 e. The number of nitrogens with one attached hydrogen (secondary N) is 2. The number of alkyl halides is 1. The zero-order valence-corrected chi connectivity index (χ0v) is 23.6. The van der Waals surface area contributed by atoms with Crippen LogP contribution in [0.15, 0.2) is 52.9 Å². The molecule has 0 saturated heterocycles. The SMILES string of the molecule is CC[C@H]([C@H](C(=O)NCNC(=O)c1ccc(-c2cc(OCC(=O)O)cc(C(=O)O)c2O)o1)C(F)Cc1ccc(F)cc1)N(O)C=O. The number of benzene rings is 2. The van der Waals surface area contributed by atoms with E-state index in [1.54, 1.807) is 0 Å². The molecule has 0 bridgehead atoms. The number of hydroxylamine groups is 2. The standard InChI is InChI=1S/C29H29F2N3O11/c1-2-21(34(43)14-35)25(20(31)9-15-3-5-16(30)6-4-15)28(40)33-13-32-27(39)23-8-7-22(45-23)18-10-17(44-12-24(36)37)11-19(26(18)38)29(41)42/h3-8,10-11,14,20-21,25,38,43H,2,9,12-13H2,1H3,(H,32,39)(H,33,40)(H,36,37)(H,41,42)/t20?,21-,25-/m1/s1. The van der Waals surface area contributed by atoms with Crippen LogP contribution in [0.3, 0.4) is 0 Å². The topological polar surface area (TPSA) is 216 Å². The Morgan fingerprint density at radius 3 is 2.36 bits per heavy atom. The number of carbonyl (C=O) groups is 5. The molecule has 1 heterocycles. The molecule has 2 aromatic carbocycles. The second-order valence-corrected chi connectivity index (χ2v) is 9.58. The van der Waals surface area contributed by atoms with Crippen LogP contribution in [0, 0.1) is 11.7 Å². The van der Waals surface area contributed by atoms with E-state index in [2.05, 4.69) is 10.6 Å². The summed E-state index contributed by atoms with van der Waals surface area (Å²) in [4.78, 5) is 59.3. The van der Waals surface area contributed by atoms with Gasteiger partial charge in [0, 0.05) is 6.42 Å². The molecule has 45 heavy (non-hydrogen) atoms. The Balaban J connectivity index is 1.73. The molecule has 0 aliphatic rings. The predicted octanol–water partition coefficient (Wildman–Crippen LogP) is 2.58. The van der Waals surface area contributed by atoms with Crippen LogP contribution in [0.1, 0.15) is 39.8 Å². The number of rotatable bonds is 16. The number of furan rings is 1. The largest absolute Gasteiger partial charge is 0.506 e. The van der Waals surface area contributed by atoms with Gasteiger partial charge in [0.25, 0.3) is 5.91 Å². The Bertz CT molecular complexity index is 1540. The number of nitrogens with zero attached hydrogens (tertiary/aromatic N) is 1. The zero-order valence-electron chi connectivity index (χ0n) is 23.6. The molecule has 3 amide bonds. The molecule has 1 unspecified atom stereocenters. The van der Waals surface area contributed by atoms with Crippen molar-refractivity contribution in [2.75, 3.05) is 13.3 Å². The monoisotopic (exact) mass is 633 g/mol. The molecular formula is C29H29F2N3O11. The van der Waals surface area contributed by atoms with Gasteiger partial charge in [-0.3, -0.25) is 19.6 Å². The summed E-state index contributed by atoms with van der Waals surface area (Å²) >= 11 is 0. The minimum absolute atomic E-state index is 0.0162. The number of carbonyl (C=O) groups excluding carboxylic acids is 3. The number of ether oxygens (including phenoxy) is 1. The molecule has 0 fully saturated rings. The van der Waals surface area contributed by atoms with E-state index in [4.69, 9.17) is 14.3 Å². The summed E-state index contributed by atoms with van der Waals surface area (Å²) in [7, 11) is 0. The van der Waals surface area contributed by atoms with Crippen molar-refractivity contribution in [2.24, 2.45) is 5.92 Å². The quantitative estimate of drug-likeness (QED) is 0.0583. The van der Waals surface area contributed by atoms with Gasteiger partial charge in [0.05, 0.1) is 24.2 Å². The van der Waals surface area contributed by atoms with Gasteiger partial charge >= 0.3 is 11.9 Å². The summed E-state index contributed by atoms with van der Waals surface area (Å²) in [6, 6.07) is 8.01. The lowest BCUT2D eigenvalue weighted by atomic mass is 9.88.